The van der Waals surface area contributed by atoms with Crippen LogP contribution in [0, 0.1) is 5.92 Å². The van der Waals surface area contributed by atoms with Crippen LogP contribution in [0.5, 0.6) is 0 Å². The molecule has 2 heterocycles. The van der Waals surface area contributed by atoms with E-state index in [1.54, 1.807) is 11.3 Å². The van der Waals surface area contributed by atoms with Crippen molar-refractivity contribution < 1.29 is 5.11 Å². The number of rotatable bonds is 9. The Bertz CT molecular complexity index is 553. The smallest absolute Gasteiger partial charge is 0.191 e. The van der Waals surface area contributed by atoms with Crippen molar-refractivity contribution in [2.45, 2.75) is 33.3 Å². The van der Waals surface area contributed by atoms with Gasteiger partial charge < -0.3 is 25.5 Å². The molecule has 1 aliphatic rings. The second-order valence-electron chi connectivity index (χ2n) is 7.70. The molecule has 0 aliphatic carbocycles. The third-order valence-corrected chi connectivity index (χ3v) is 5.82. The Hall–Kier alpha value is -1.15. The van der Waals surface area contributed by atoms with Gasteiger partial charge in [0.1, 0.15) is 5.60 Å². The molecule has 0 amide bonds. The second kappa shape index (κ2) is 11.0. The van der Waals surface area contributed by atoms with E-state index in [4.69, 9.17) is 0 Å². The molecule has 2 rings (SSSR count). The van der Waals surface area contributed by atoms with Crippen LogP contribution < -0.4 is 10.6 Å². The number of likely N-dealkylation sites (N-methyl/N-ethyl adjacent to an activating group) is 1. The molecule has 2 atom stereocenters. The van der Waals surface area contributed by atoms with Crippen LogP contribution in [-0.2, 0) is 5.60 Å². The Labute approximate surface area is 168 Å². The van der Waals surface area contributed by atoms with Gasteiger partial charge in [0.15, 0.2) is 5.96 Å². The highest BCUT2D eigenvalue weighted by Gasteiger charge is 2.23. The van der Waals surface area contributed by atoms with Gasteiger partial charge in [-0.15, -0.1) is 0 Å². The molecule has 1 fully saturated rings. The minimum absolute atomic E-state index is 0.340. The Morgan fingerprint density at radius 2 is 1.96 bits per heavy atom. The molecule has 27 heavy (non-hydrogen) atoms. The molecule has 0 spiro atoms. The SMILES string of the molecule is CCNC(=NCC(C)(O)c1ccsc1)NCC(C)CN1CCN(CC)CC1. The van der Waals surface area contributed by atoms with E-state index in [0.29, 0.717) is 12.5 Å². The zero-order chi connectivity index (χ0) is 19.7. The Morgan fingerprint density at radius 1 is 1.26 bits per heavy atom. The van der Waals surface area contributed by atoms with Gasteiger partial charge in [-0.2, -0.15) is 11.3 Å². The number of aliphatic imine (C=N–C) groups is 1. The lowest BCUT2D eigenvalue weighted by molar-refractivity contribution is 0.0677. The van der Waals surface area contributed by atoms with Crippen molar-refractivity contribution in [1.82, 2.24) is 20.4 Å². The van der Waals surface area contributed by atoms with Gasteiger partial charge in [0.2, 0.25) is 0 Å². The number of aliphatic hydroxyl groups is 1. The molecule has 1 aromatic rings. The average molecular weight is 396 g/mol. The molecule has 6 nitrogen and oxygen atoms in total. The first-order chi connectivity index (χ1) is 12.9. The van der Waals surface area contributed by atoms with E-state index in [0.717, 1.165) is 50.8 Å². The fraction of sp³-hybridized carbons (Fsp3) is 0.750. The molecular formula is C20H37N5OS. The summed E-state index contributed by atoms with van der Waals surface area (Å²) in [5, 5.41) is 21.4. The van der Waals surface area contributed by atoms with Crippen molar-refractivity contribution in [2.75, 3.05) is 58.9 Å². The lowest BCUT2D eigenvalue weighted by Gasteiger charge is -2.35. The lowest BCUT2D eigenvalue weighted by Crippen LogP contribution is -2.48. The van der Waals surface area contributed by atoms with Crippen LogP contribution in [-0.4, -0.2) is 79.8 Å². The molecule has 3 N–H and O–H groups in total. The van der Waals surface area contributed by atoms with Crippen molar-refractivity contribution in [3.05, 3.63) is 22.4 Å². The van der Waals surface area contributed by atoms with Crippen LogP contribution in [0.25, 0.3) is 0 Å². The first kappa shape index (κ1) is 22.1. The maximum absolute atomic E-state index is 10.7. The van der Waals surface area contributed by atoms with Crippen LogP contribution in [0.2, 0.25) is 0 Å². The minimum atomic E-state index is -0.938. The third kappa shape index (κ3) is 7.41. The van der Waals surface area contributed by atoms with E-state index in [-0.39, 0.29) is 0 Å². The highest BCUT2D eigenvalue weighted by atomic mass is 32.1. The minimum Gasteiger partial charge on any atom is -0.383 e. The Morgan fingerprint density at radius 3 is 2.56 bits per heavy atom. The van der Waals surface area contributed by atoms with Crippen LogP contribution in [0.3, 0.4) is 0 Å². The van der Waals surface area contributed by atoms with Gasteiger partial charge >= 0.3 is 0 Å². The van der Waals surface area contributed by atoms with Crippen molar-refractivity contribution in [3.63, 3.8) is 0 Å². The van der Waals surface area contributed by atoms with Crippen molar-refractivity contribution in [3.8, 4) is 0 Å². The zero-order valence-corrected chi connectivity index (χ0v) is 18.2. The molecule has 7 heteroatoms. The molecule has 1 aliphatic heterocycles. The van der Waals surface area contributed by atoms with Crippen molar-refractivity contribution >= 4 is 17.3 Å². The zero-order valence-electron chi connectivity index (χ0n) is 17.4. The van der Waals surface area contributed by atoms with E-state index in [2.05, 4.69) is 46.2 Å². The van der Waals surface area contributed by atoms with E-state index in [1.165, 1.54) is 13.1 Å². The number of guanidine groups is 1. The standard InChI is InChI=1S/C20H37N5OS/c1-5-21-19(23-16-20(4,26)18-7-12-27-15-18)22-13-17(3)14-25-10-8-24(6-2)9-11-25/h7,12,15,17,26H,5-6,8-11,13-14,16H2,1-4H3,(H2,21,22,23). The van der Waals surface area contributed by atoms with E-state index >= 15 is 0 Å². The maximum Gasteiger partial charge on any atom is 0.191 e. The van der Waals surface area contributed by atoms with Gasteiger partial charge in [0.05, 0.1) is 6.54 Å². The fourth-order valence-electron chi connectivity index (χ4n) is 3.30. The summed E-state index contributed by atoms with van der Waals surface area (Å²) in [5.74, 6) is 1.31. The van der Waals surface area contributed by atoms with Gasteiger partial charge in [-0.3, -0.25) is 0 Å². The predicted octanol–water partition coefficient (Wildman–Crippen LogP) is 1.78. The molecule has 2 unspecified atom stereocenters. The predicted molar refractivity (Wildman–Crippen MR) is 116 cm³/mol. The molecular weight excluding hydrogens is 358 g/mol. The summed E-state index contributed by atoms with van der Waals surface area (Å²) in [4.78, 5) is 9.68. The molecule has 1 aromatic heterocycles. The summed E-state index contributed by atoms with van der Waals surface area (Å²) in [5.41, 5.74) is -0.0147. The maximum atomic E-state index is 10.7. The van der Waals surface area contributed by atoms with Crippen LogP contribution in [0.1, 0.15) is 33.3 Å². The molecule has 0 aromatic carbocycles. The van der Waals surface area contributed by atoms with Gasteiger partial charge in [0, 0.05) is 45.8 Å². The Balaban J connectivity index is 1.79. The van der Waals surface area contributed by atoms with E-state index in [1.807, 2.05) is 23.8 Å². The summed E-state index contributed by atoms with van der Waals surface area (Å²) in [6, 6.07) is 1.96. The highest BCUT2D eigenvalue weighted by Crippen LogP contribution is 2.23. The number of hydrogen-bond acceptors (Lipinski definition) is 5. The second-order valence-corrected chi connectivity index (χ2v) is 8.48. The number of thiophene rings is 1. The molecule has 1 saturated heterocycles. The highest BCUT2D eigenvalue weighted by molar-refractivity contribution is 7.08. The average Bonchev–Trinajstić information content (AvgIpc) is 3.20. The number of piperazine rings is 1. The van der Waals surface area contributed by atoms with Crippen LogP contribution >= 0.6 is 11.3 Å². The first-order valence-electron chi connectivity index (χ1n) is 10.2. The summed E-state index contributed by atoms with van der Waals surface area (Å²) in [7, 11) is 0. The number of hydrogen-bond donors (Lipinski definition) is 3. The van der Waals surface area contributed by atoms with Gasteiger partial charge in [-0.1, -0.05) is 13.8 Å². The summed E-state index contributed by atoms with van der Waals surface area (Å²) >= 11 is 1.60. The molecule has 0 saturated carbocycles. The topological polar surface area (TPSA) is 63.1 Å². The molecule has 154 valence electrons. The largest absolute Gasteiger partial charge is 0.383 e. The summed E-state index contributed by atoms with van der Waals surface area (Å²) in [6.07, 6.45) is 0. The van der Waals surface area contributed by atoms with Gasteiger partial charge in [-0.25, -0.2) is 4.99 Å². The van der Waals surface area contributed by atoms with E-state index < -0.39 is 5.60 Å². The summed E-state index contributed by atoms with van der Waals surface area (Å²) in [6.45, 7) is 17.4. The fourth-order valence-corrected chi connectivity index (χ4v) is 4.08. The molecule has 0 bridgehead atoms. The number of nitrogens with one attached hydrogen (secondary N) is 2. The molecule has 0 radical (unpaired) electrons. The first-order valence-corrected chi connectivity index (χ1v) is 11.1. The van der Waals surface area contributed by atoms with Crippen LogP contribution in [0.4, 0.5) is 0 Å². The quantitative estimate of drug-likeness (QED) is 0.439. The van der Waals surface area contributed by atoms with Gasteiger partial charge in [-0.05, 0) is 48.7 Å². The van der Waals surface area contributed by atoms with Crippen molar-refractivity contribution in [1.29, 1.82) is 0 Å². The monoisotopic (exact) mass is 395 g/mol. The number of nitrogens with zero attached hydrogens (tertiary/aromatic N) is 3. The van der Waals surface area contributed by atoms with Crippen LogP contribution in [0.15, 0.2) is 21.8 Å². The third-order valence-electron chi connectivity index (χ3n) is 5.13. The van der Waals surface area contributed by atoms with Gasteiger partial charge in [0.25, 0.3) is 0 Å². The Kier molecular flexibility index (Phi) is 9.02. The van der Waals surface area contributed by atoms with E-state index in [9.17, 15) is 5.11 Å². The van der Waals surface area contributed by atoms with Crippen molar-refractivity contribution in [2.24, 2.45) is 10.9 Å². The normalized spacial score (nSPS) is 20.3. The lowest BCUT2D eigenvalue weighted by atomic mass is 10.00. The summed E-state index contributed by atoms with van der Waals surface area (Å²) < 4.78 is 0.